The van der Waals surface area contributed by atoms with E-state index in [0.29, 0.717) is 11.1 Å². The molecule has 112 valence electrons. The van der Waals surface area contributed by atoms with Crippen LogP contribution in [0.25, 0.3) is 6.08 Å². The largest absolute Gasteiger partial charge is 0.508 e. The number of likely N-dealkylation sites (N-methyl/N-ethyl adjacent to an activating group) is 1. The maximum Gasteiger partial charge on any atom is 0.251 e. The highest BCUT2D eigenvalue weighted by atomic mass is 19.1. The highest BCUT2D eigenvalue weighted by Gasteiger charge is 2.22. The standard InChI is InChI=1S/C14H15FN2O4/c1-17-7-13(19)16-6-10(14(17)20)4-9-5-11(18)2-3-12(9)21-8-15/h2-5,18H,6-8H2,1H3,(H,16,19)/b10-4+. The van der Waals surface area contributed by atoms with Crippen molar-refractivity contribution in [1.29, 1.82) is 0 Å². The van der Waals surface area contributed by atoms with E-state index in [0.717, 1.165) is 0 Å². The molecule has 0 radical (unpaired) electrons. The molecule has 0 spiro atoms. The lowest BCUT2D eigenvalue weighted by molar-refractivity contribution is -0.130. The Morgan fingerprint density at radius 2 is 2.24 bits per heavy atom. The number of rotatable bonds is 3. The summed E-state index contributed by atoms with van der Waals surface area (Å²) in [7, 11) is 1.52. The van der Waals surface area contributed by atoms with Crippen LogP contribution in [0.15, 0.2) is 23.8 Å². The summed E-state index contributed by atoms with van der Waals surface area (Å²) >= 11 is 0. The van der Waals surface area contributed by atoms with E-state index in [1.807, 2.05) is 0 Å². The number of phenolic OH excluding ortho intramolecular Hbond substituents is 1. The number of nitrogens with zero attached hydrogens (tertiary/aromatic N) is 1. The zero-order chi connectivity index (χ0) is 15.4. The number of amides is 2. The smallest absolute Gasteiger partial charge is 0.251 e. The van der Waals surface area contributed by atoms with Crippen LogP contribution >= 0.6 is 0 Å². The number of alkyl halides is 1. The second-order valence-electron chi connectivity index (χ2n) is 4.58. The van der Waals surface area contributed by atoms with Crippen molar-refractivity contribution in [3.05, 3.63) is 29.3 Å². The molecule has 1 saturated heterocycles. The van der Waals surface area contributed by atoms with Gasteiger partial charge in [0.2, 0.25) is 12.8 Å². The molecule has 7 heteroatoms. The summed E-state index contributed by atoms with van der Waals surface area (Å²) in [4.78, 5) is 24.8. The van der Waals surface area contributed by atoms with E-state index in [2.05, 4.69) is 5.32 Å². The molecule has 1 aromatic carbocycles. The maximum atomic E-state index is 12.4. The minimum absolute atomic E-state index is 0.0238. The first-order valence-corrected chi connectivity index (χ1v) is 6.26. The van der Waals surface area contributed by atoms with E-state index in [1.54, 1.807) is 0 Å². The molecular formula is C14H15FN2O4. The van der Waals surface area contributed by atoms with Gasteiger partial charge >= 0.3 is 0 Å². The molecule has 0 aromatic heterocycles. The van der Waals surface area contributed by atoms with Crippen LogP contribution in [0.1, 0.15) is 5.56 Å². The van der Waals surface area contributed by atoms with Gasteiger partial charge in [-0.3, -0.25) is 9.59 Å². The minimum atomic E-state index is -1.02. The summed E-state index contributed by atoms with van der Waals surface area (Å²) in [6.07, 6.45) is 1.47. The number of carbonyl (C=O) groups is 2. The normalized spacial score (nSPS) is 17.6. The highest BCUT2D eigenvalue weighted by molar-refractivity contribution is 6.02. The molecule has 2 amide bonds. The molecule has 2 rings (SSSR count). The summed E-state index contributed by atoms with van der Waals surface area (Å²) in [6, 6.07) is 4.12. The number of nitrogens with one attached hydrogen (secondary N) is 1. The molecule has 21 heavy (non-hydrogen) atoms. The van der Waals surface area contributed by atoms with Crippen LogP contribution in [0.3, 0.4) is 0 Å². The number of halogens is 1. The maximum absolute atomic E-state index is 12.4. The summed E-state index contributed by atoms with van der Waals surface area (Å²) in [5, 5.41) is 12.1. The molecule has 0 aliphatic carbocycles. The molecule has 1 aliphatic heterocycles. The van der Waals surface area contributed by atoms with Crippen LogP contribution in [0, 0.1) is 0 Å². The molecule has 2 N–H and O–H groups in total. The van der Waals surface area contributed by atoms with Crippen LogP contribution < -0.4 is 10.1 Å². The second kappa shape index (κ2) is 6.25. The van der Waals surface area contributed by atoms with E-state index in [4.69, 9.17) is 4.74 Å². The van der Waals surface area contributed by atoms with Crippen LogP contribution in [0.4, 0.5) is 4.39 Å². The van der Waals surface area contributed by atoms with E-state index >= 15 is 0 Å². The third-order valence-corrected chi connectivity index (χ3v) is 3.01. The van der Waals surface area contributed by atoms with Crippen LogP contribution in [0.2, 0.25) is 0 Å². The fraction of sp³-hybridized carbons (Fsp3) is 0.286. The summed E-state index contributed by atoms with van der Waals surface area (Å²) in [5.41, 5.74) is 0.679. The molecule has 0 atom stereocenters. The molecule has 6 nitrogen and oxygen atoms in total. The van der Waals surface area contributed by atoms with Gasteiger partial charge < -0.3 is 20.1 Å². The topological polar surface area (TPSA) is 78.9 Å². The van der Waals surface area contributed by atoms with Crippen molar-refractivity contribution < 1.29 is 23.8 Å². The zero-order valence-electron chi connectivity index (χ0n) is 11.4. The minimum Gasteiger partial charge on any atom is -0.508 e. The van der Waals surface area contributed by atoms with Gasteiger partial charge in [-0.2, -0.15) is 0 Å². The SMILES string of the molecule is CN1CC(=O)NC/C(=C\c2cc(O)ccc2OCF)C1=O. The number of hydrogen-bond donors (Lipinski definition) is 2. The molecule has 1 aliphatic rings. The van der Waals surface area contributed by atoms with Crippen molar-refractivity contribution in [2.24, 2.45) is 0 Å². The van der Waals surface area contributed by atoms with Crippen molar-refractivity contribution >= 4 is 17.9 Å². The summed E-state index contributed by atoms with van der Waals surface area (Å²) < 4.78 is 17.2. The quantitative estimate of drug-likeness (QED) is 0.803. The Balaban J connectivity index is 2.39. The average molecular weight is 294 g/mol. The monoisotopic (exact) mass is 294 g/mol. The van der Waals surface area contributed by atoms with Gasteiger partial charge in [0.1, 0.15) is 11.5 Å². The number of aromatic hydroxyl groups is 1. The van der Waals surface area contributed by atoms with E-state index in [1.165, 1.54) is 36.2 Å². The Hall–Kier alpha value is -2.57. The number of hydrogen-bond acceptors (Lipinski definition) is 4. The van der Waals surface area contributed by atoms with Crippen molar-refractivity contribution in [3.8, 4) is 11.5 Å². The molecule has 1 heterocycles. The first-order chi connectivity index (χ1) is 10.0. The van der Waals surface area contributed by atoms with E-state index < -0.39 is 6.86 Å². The fourth-order valence-electron chi connectivity index (χ4n) is 2.00. The van der Waals surface area contributed by atoms with Gasteiger partial charge in [-0.15, -0.1) is 0 Å². The van der Waals surface area contributed by atoms with Crippen molar-refractivity contribution in [2.75, 3.05) is 27.0 Å². The molecule has 0 unspecified atom stereocenters. The number of carbonyl (C=O) groups excluding carboxylic acids is 2. The lowest BCUT2D eigenvalue weighted by Gasteiger charge is -2.13. The Morgan fingerprint density at radius 3 is 2.95 bits per heavy atom. The van der Waals surface area contributed by atoms with Gasteiger partial charge in [-0.25, -0.2) is 4.39 Å². The van der Waals surface area contributed by atoms with Crippen molar-refractivity contribution in [2.45, 2.75) is 0 Å². The number of phenols is 1. The Bertz CT molecular complexity index is 601. The fourth-order valence-corrected chi connectivity index (χ4v) is 2.00. The predicted molar refractivity (Wildman–Crippen MR) is 73.3 cm³/mol. The first kappa shape index (κ1) is 14.8. The molecule has 0 saturated carbocycles. The van der Waals surface area contributed by atoms with Gasteiger partial charge in [0.05, 0.1) is 6.54 Å². The van der Waals surface area contributed by atoms with Crippen LogP contribution in [-0.4, -0.2) is 48.8 Å². The Kier molecular flexibility index (Phi) is 4.42. The average Bonchev–Trinajstić information content (AvgIpc) is 2.55. The lowest BCUT2D eigenvalue weighted by atomic mass is 10.1. The predicted octanol–water partition coefficient (Wildman–Crippen LogP) is 0.670. The van der Waals surface area contributed by atoms with Crippen molar-refractivity contribution in [1.82, 2.24) is 10.2 Å². The summed E-state index contributed by atoms with van der Waals surface area (Å²) in [6.45, 7) is -0.984. The third kappa shape index (κ3) is 3.50. The van der Waals surface area contributed by atoms with Gasteiger partial charge in [-0.1, -0.05) is 0 Å². The van der Waals surface area contributed by atoms with Crippen LogP contribution in [0.5, 0.6) is 11.5 Å². The highest BCUT2D eigenvalue weighted by Crippen LogP contribution is 2.26. The number of benzene rings is 1. The molecule has 1 aromatic rings. The van der Waals surface area contributed by atoms with E-state index in [9.17, 15) is 19.1 Å². The second-order valence-corrected chi connectivity index (χ2v) is 4.58. The van der Waals surface area contributed by atoms with E-state index in [-0.39, 0.29) is 36.4 Å². The molecule has 0 bridgehead atoms. The lowest BCUT2D eigenvalue weighted by Crippen LogP contribution is -2.32. The van der Waals surface area contributed by atoms with Crippen molar-refractivity contribution in [3.63, 3.8) is 0 Å². The van der Waals surface area contributed by atoms with Gasteiger partial charge in [-0.05, 0) is 24.3 Å². The first-order valence-electron chi connectivity index (χ1n) is 6.26. The number of ether oxygens (including phenoxy) is 1. The Morgan fingerprint density at radius 1 is 1.48 bits per heavy atom. The molecule has 1 fully saturated rings. The van der Waals surface area contributed by atoms with Gasteiger partial charge in [0, 0.05) is 24.7 Å². The van der Waals surface area contributed by atoms with Gasteiger partial charge in [0.25, 0.3) is 5.91 Å². The van der Waals surface area contributed by atoms with Gasteiger partial charge in [0.15, 0.2) is 0 Å². The summed E-state index contributed by atoms with van der Waals surface area (Å²) in [5.74, 6) is -0.409. The third-order valence-electron chi connectivity index (χ3n) is 3.01. The Labute approximate surface area is 120 Å². The zero-order valence-corrected chi connectivity index (χ0v) is 11.4. The van der Waals surface area contributed by atoms with Crippen LogP contribution in [-0.2, 0) is 9.59 Å². The molecular weight excluding hydrogens is 279 g/mol.